The van der Waals surface area contributed by atoms with E-state index < -0.39 is 20.9 Å². The Hall–Kier alpha value is -2.13. The summed E-state index contributed by atoms with van der Waals surface area (Å²) in [6, 6.07) is 3.74. The van der Waals surface area contributed by atoms with Crippen LogP contribution in [-0.4, -0.2) is 65.7 Å². The van der Waals surface area contributed by atoms with E-state index >= 15 is 0 Å². The third-order valence-electron chi connectivity index (χ3n) is 6.13. The van der Waals surface area contributed by atoms with Crippen molar-refractivity contribution in [3.05, 3.63) is 30.2 Å². The number of aromatic nitrogens is 1. The first-order valence-electron chi connectivity index (χ1n) is 10.9. The van der Waals surface area contributed by atoms with Crippen LogP contribution in [0.1, 0.15) is 57.9 Å². The molecule has 0 spiro atoms. The molecule has 0 N–H and O–H groups in total. The van der Waals surface area contributed by atoms with Crippen molar-refractivity contribution in [1.29, 1.82) is 0 Å². The Labute approximate surface area is 183 Å². The molecule has 0 unspecified atom stereocenters. The lowest BCUT2D eigenvalue weighted by Gasteiger charge is -2.37. The maximum atomic E-state index is 13.2. The third kappa shape index (κ3) is 4.72. The molecule has 4 heterocycles. The maximum absolute atomic E-state index is 13.2. The lowest BCUT2D eigenvalue weighted by Crippen LogP contribution is -2.49. The monoisotopic (exact) mass is 449 g/mol. The summed E-state index contributed by atoms with van der Waals surface area (Å²) in [5.41, 5.74) is 2.15. The van der Waals surface area contributed by atoms with E-state index in [2.05, 4.69) is 4.98 Å². The van der Waals surface area contributed by atoms with Crippen molar-refractivity contribution in [1.82, 2.24) is 14.2 Å². The highest BCUT2D eigenvalue weighted by Gasteiger charge is 2.38. The van der Waals surface area contributed by atoms with Gasteiger partial charge in [0.1, 0.15) is 11.1 Å². The van der Waals surface area contributed by atoms with Crippen molar-refractivity contribution in [3.8, 4) is 0 Å². The van der Waals surface area contributed by atoms with Gasteiger partial charge >= 0.3 is 6.09 Å². The number of sulfonamides is 1. The van der Waals surface area contributed by atoms with Crippen LogP contribution in [0.5, 0.6) is 0 Å². The zero-order chi connectivity index (χ0) is 22.2. The first kappa shape index (κ1) is 22.1. The molecular weight excluding hydrogens is 418 g/mol. The highest BCUT2D eigenvalue weighted by Crippen LogP contribution is 2.35. The summed E-state index contributed by atoms with van der Waals surface area (Å²) < 4.78 is 39.1. The van der Waals surface area contributed by atoms with Crippen molar-refractivity contribution in [3.63, 3.8) is 0 Å². The average Bonchev–Trinajstić information content (AvgIpc) is 3.17. The molecule has 2 fully saturated rings. The molecule has 0 aromatic carbocycles. The summed E-state index contributed by atoms with van der Waals surface area (Å²) in [5.74, 6) is 0.247. The molecule has 2 aliphatic heterocycles. The van der Waals surface area contributed by atoms with Crippen molar-refractivity contribution >= 4 is 27.2 Å². The second kappa shape index (κ2) is 8.43. The van der Waals surface area contributed by atoms with Crippen LogP contribution in [0.25, 0.3) is 11.1 Å². The molecule has 2 aromatic rings. The average molecular weight is 450 g/mol. The van der Waals surface area contributed by atoms with Gasteiger partial charge in [0.25, 0.3) is 0 Å². The van der Waals surface area contributed by atoms with E-state index in [9.17, 15) is 13.2 Å². The summed E-state index contributed by atoms with van der Waals surface area (Å²) in [6.45, 7) is 7.29. The molecule has 0 aliphatic carbocycles. The van der Waals surface area contributed by atoms with E-state index in [1.165, 1.54) is 0 Å². The van der Waals surface area contributed by atoms with Crippen molar-refractivity contribution in [2.45, 2.75) is 63.2 Å². The van der Waals surface area contributed by atoms with E-state index in [-0.39, 0.29) is 12.0 Å². The van der Waals surface area contributed by atoms with Gasteiger partial charge in [0.15, 0.2) is 5.58 Å². The lowest BCUT2D eigenvalue weighted by molar-refractivity contribution is 0.0216. The van der Waals surface area contributed by atoms with Crippen molar-refractivity contribution in [2.24, 2.45) is 0 Å². The molecule has 0 atom stereocenters. The quantitative estimate of drug-likeness (QED) is 0.709. The first-order valence-corrected chi connectivity index (χ1v) is 12.4. The van der Waals surface area contributed by atoms with E-state index in [4.69, 9.17) is 9.15 Å². The van der Waals surface area contributed by atoms with Gasteiger partial charge in [-0.1, -0.05) is 0 Å². The van der Waals surface area contributed by atoms with E-state index in [0.717, 1.165) is 29.5 Å². The third-order valence-corrected chi connectivity index (χ3v) is 8.52. The van der Waals surface area contributed by atoms with Crippen LogP contribution in [0.4, 0.5) is 4.79 Å². The second-order valence-corrected chi connectivity index (χ2v) is 11.6. The predicted octanol–water partition coefficient (Wildman–Crippen LogP) is 3.74. The van der Waals surface area contributed by atoms with Gasteiger partial charge in [-0.3, -0.25) is 4.98 Å². The minimum absolute atomic E-state index is 0.247. The Morgan fingerprint density at radius 1 is 1.13 bits per heavy atom. The number of likely N-dealkylation sites (tertiary alicyclic amines) is 1. The van der Waals surface area contributed by atoms with Crippen molar-refractivity contribution in [2.75, 3.05) is 26.2 Å². The molecule has 1 amide bonds. The van der Waals surface area contributed by atoms with Crippen LogP contribution in [-0.2, 0) is 14.8 Å². The van der Waals surface area contributed by atoms with Gasteiger partial charge in [-0.25, -0.2) is 17.5 Å². The minimum Gasteiger partial charge on any atom is -0.462 e. The molecule has 2 aliphatic rings. The van der Waals surface area contributed by atoms with Gasteiger partial charge in [0.2, 0.25) is 10.0 Å². The number of hydrogen-bond acceptors (Lipinski definition) is 6. The predicted molar refractivity (Wildman–Crippen MR) is 117 cm³/mol. The molecule has 9 heteroatoms. The Kier molecular flexibility index (Phi) is 6.00. The fraction of sp³-hybridized carbons (Fsp3) is 0.636. The Morgan fingerprint density at radius 2 is 1.81 bits per heavy atom. The smallest absolute Gasteiger partial charge is 0.410 e. The first-order chi connectivity index (χ1) is 14.6. The number of rotatable bonds is 3. The lowest BCUT2D eigenvalue weighted by atomic mass is 9.91. The minimum atomic E-state index is -3.39. The molecule has 8 nitrogen and oxygen atoms in total. The number of nitrogens with zero attached hydrogens (tertiary/aromatic N) is 3. The number of carbonyl (C=O) groups excluding carboxylic acids is 1. The van der Waals surface area contributed by atoms with Gasteiger partial charge in [-0.15, -0.1) is 0 Å². The number of ether oxygens (including phenoxy) is 1. The number of carbonyl (C=O) groups is 1. The molecule has 170 valence electrons. The topological polar surface area (TPSA) is 93.0 Å². The van der Waals surface area contributed by atoms with Gasteiger partial charge in [-0.05, 0) is 64.5 Å². The van der Waals surface area contributed by atoms with Gasteiger partial charge < -0.3 is 14.1 Å². The number of fused-ring (bicyclic) bond motifs is 1. The Morgan fingerprint density at radius 3 is 2.45 bits per heavy atom. The molecular formula is C22H31N3O5S. The summed E-state index contributed by atoms with van der Waals surface area (Å²) in [5, 5.41) is -0.445. The molecule has 31 heavy (non-hydrogen) atoms. The molecule has 0 saturated carbocycles. The fourth-order valence-corrected chi connectivity index (χ4v) is 6.42. The van der Waals surface area contributed by atoms with Crippen LogP contribution in [0.2, 0.25) is 0 Å². The Balaban J connectivity index is 1.34. The zero-order valence-corrected chi connectivity index (χ0v) is 19.2. The largest absolute Gasteiger partial charge is 0.462 e. The zero-order valence-electron chi connectivity index (χ0n) is 18.4. The number of hydrogen-bond donors (Lipinski definition) is 0. The molecule has 0 radical (unpaired) electrons. The molecule has 2 saturated heterocycles. The summed E-state index contributed by atoms with van der Waals surface area (Å²) in [4.78, 5) is 18.3. The fourth-order valence-electron chi connectivity index (χ4n) is 4.47. The van der Waals surface area contributed by atoms with Crippen LogP contribution in [0.15, 0.2) is 29.0 Å². The maximum Gasteiger partial charge on any atom is 0.410 e. The standard InChI is InChI=1S/C22H31N3O5S/c1-22(2,3)30-21(26)24-11-8-17(9-12-24)31(27,28)25-13-6-16(7-14-25)18-15-29-19-5-4-10-23-20(18)19/h4-5,10,15-17H,6-9,11-14H2,1-3H3. The summed E-state index contributed by atoms with van der Waals surface area (Å²) in [7, 11) is -3.39. The Bertz CT molecular complexity index is 1030. The van der Waals surface area contributed by atoms with Gasteiger partial charge in [0, 0.05) is 37.9 Å². The highest BCUT2D eigenvalue weighted by molar-refractivity contribution is 7.89. The molecule has 2 aromatic heterocycles. The van der Waals surface area contributed by atoms with Crippen molar-refractivity contribution < 1.29 is 22.4 Å². The van der Waals surface area contributed by atoms with E-state index in [1.807, 2.05) is 32.9 Å². The number of furan rings is 1. The SMILES string of the molecule is CC(C)(C)OC(=O)N1CCC(S(=O)(=O)N2CCC(c3coc4cccnc34)CC2)CC1. The van der Waals surface area contributed by atoms with Crippen LogP contribution in [0, 0.1) is 0 Å². The van der Waals surface area contributed by atoms with Gasteiger partial charge in [-0.2, -0.15) is 0 Å². The summed E-state index contributed by atoms with van der Waals surface area (Å²) >= 11 is 0. The normalized spacial score (nSPS) is 20.3. The van der Waals surface area contributed by atoms with Crippen LogP contribution in [0.3, 0.4) is 0 Å². The van der Waals surface area contributed by atoms with E-state index in [1.54, 1.807) is 21.7 Å². The van der Waals surface area contributed by atoms with Crippen LogP contribution >= 0.6 is 0 Å². The number of piperidine rings is 2. The summed E-state index contributed by atoms with van der Waals surface area (Å²) in [6.07, 6.45) is 5.53. The second-order valence-electron chi connectivity index (χ2n) is 9.43. The number of pyridine rings is 1. The van der Waals surface area contributed by atoms with Crippen LogP contribution < -0.4 is 0 Å². The van der Waals surface area contributed by atoms with E-state index in [0.29, 0.717) is 39.0 Å². The molecule has 0 bridgehead atoms. The highest BCUT2D eigenvalue weighted by atomic mass is 32.2. The molecule has 4 rings (SSSR count). The van der Waals surface area contributed by atoms with Gasteiger partial charge in [0.05, 0.1) is 11.5 Å². The number of amides is 1.